The van der Waals surface area contributed by atoms with Crippen LogP contribution >= 0.6 is 0 Å². The maximum atomic E-state index is 13.3. The third kappa shape index (κ3) is 2.53. The van der Waals surface area contributed by atoms with E-state index in [1.807, 2.05) is 13.1 Å². The summed E-state index contributed by atoms with van der Waals surface area (Å²) in [5.41, 5.74) is 2.38. The fourth-order valence-corrected chi connectivity index (χ4v) is 3.53. The molecule has 20 heavy (non-hydrogen) atoms. The molecule has 1 atom stereocenters. The maximum Gasteiger partial charge on any atom is 0.248 e. The maximum absolute atomic E-state index is 13.3. The molecule has 1 aromatic carbocycles. The van der Waals surface area contributed by atoms with E-state index in [-0.39, 0.29) is 24.8 Å². The molecule has 1 fully saturated rings. The molecule has 110 valence electrons. The van der Waals surface area contributed by atoms with E-state index in [4.69, 9.17) is 4.74 Å². The monoisotopic (exact) mass is 281 g/mol. The molecule has 1 aliphatic heterocycles. The molecule has 1 aromatic rings. The van der Waals surface area contributed by atoms with Gasteiger partial charge >= 0.3 is 0 Å². The second kappa shape index (κ2) is 5.32. The summed E-state index contributed by atoms with van der Waals surface area (Å²) in [6.45, 7) is 0.728. The van der Waals surface area contributed by atoms with Crippen molar-refractivity contribution in [2.24, 2.45) is 5.92 Å². The molecule has 2 nitrogen and oxygen atoms in total. The van der Waals surface area contributed by atoms with Gasteiger partial charge in [0.15, 0.2) is 0 Å². The smallest absolute Gasteiger partial charge is 0.248 e. The lowest BCUT2D eigenvalue weighted by molar-refractivity contribution is -0.0495. The van der Waals surface area contributed by atoms with E-state index in [2.05, 4.69) is 17.4 Å². The molecule has 1 aliphatic carbocycles. The number of hydrogen-bond acceptors (Lipinski definition) is 2. The lowest BCUT2D eigenvalue weighted by Crippen LogP contribution is -2.32. The van der Waals surface area contributed by atoms with Gasteiger partial charge in [0, 0.05) is 30.9 Å². The van der Waals surface area contributed by atoms with Gasteiger partial charge in [0.1, 0.15) is 5.75 Å². The Kier molecular flexibility index (Phi) is 3.67. The standard InChI is InChI=1S/C16H21F2NO/c1-19-14(11-5-8-16(17,18)9-6-11)13-4-2-3-12-7-10-20-15(12)13/h2-4,11,14,19H,5-10H2,1H3. The Morgan fingerprint density at radius 1 is 1.30 bits per heavy atom. The molecule has 4 heteroatoms. The quantitative estimate of drug-likeness (QED) is 0.912. The van der Waals surface area contributed by atoms with Crippen molar-refractivity contribution in [1.82, 2.24) is 5.32 Å². The van der Waals surface area contributed by atoms with E-state index in [0.29, 0.717) is 12.8 Å². The van der Waals surface area contributed by atoms with Crippen LogP contribution in [0.15, 0.2) is 18.2 Å². The highest BCUT2D eigenvalue weighted by molar-refractivity contribution is 5.45. The molecule has 0 saturated heterocycles. The predicted molar refractivity (Wildman–Crippen MR) is 74.3 cm³/mol. The Labute approximate surface area is 118 Å². The summed E-state index contributed by atoms with van der Waals surface area (Å²) in [7, 11) is 1.91. The van der Waals surface area contributed by atoms with Gasteiger partial charge in [0.05, 0.1) is 6.61 Å². The van der Waals surface area contributed by atoms with Crippen molar-refractivity contribution in [3.63, 3.8) is 0 Å². The zero-order valence-electron chi connectivity index (χ0n) is 11.8. The fraction of sp³-hybridized carbons (Fsp3) is 0.625. The first-order valence-corrected chi connectivity index (χ1v) is 7.40. The topological polar surface area (TPSA) is 21.3 Å². The number of alkyl halides is 2. The summed E-state index contributed by atoms with van der Waals surface area (Å²) in [5.74, 6) is -1.23. The van der Waals surface area contributed by atoms with Crippen molar-refractivity contribution in [2.45, 2.75) is 44.1 Å². The van der Waals surface area contributed by atoms with E-state index in [1.165, 1.54) is 5.56 Å². The van der Waals surface area contributed by atoms with Crippen LogP contribution in [0.3, 0.4) is 0 Å². The number of ether oxygens (including phenoxy) is 1. The summed E-state index contributed by atoms with van der Waals surface area (Å²) in [6.07, 6.45) is 2.10. The van der Waals surface area contributed by atoms with Crippen LogP contribution in [-0.4, -0.2) is 19.6 Å². The summed E-state index contributed by atoms with van der Waals surface area (Å²) >= 11 is 0. The first-order valence-electron chi connectivity index (χ1n) is 7.40. The SMILES string of the molecule is CNC(c1cccc2c1OCC2)C1CCC(F)(F)CC1. The highest BCUT2D eigenvalue weighted by Gasteiger charge is 2.38. The first-order chi connectivity index (χ1) is 9.61. The van der Waals surface area contributed by atoms with Crippen LogP contribution in [0.1, 0.15) is 42.9 Å². The van der Waals surface area contributed by atoms with Gasteiger partial charge < -0.3 is 10.1 Å². The van der Waals surface area contributed by atoms with Gasteiger partial charge in [-0.2, -0.15) is 0 Å². The van der Waals surface area contributed by atoms with E-state index in [9.17, 15) is 8.78 Å². The van der Waals surface area contributed by atoms with Crippen LogP contribution in [0.25, 0.3) is 0 Å². The van der Waals surface area contributed by atoms with Gasteiger partial charge in [0.25, 0.3) is 0 Å². The Hall–Kier alpha value is -1.16. The van der Waals surface area contributed by atoms with Crippen LogP contribution in [0.2, 0.25) is 0 Å². The molecule has 1 heterocycles. The number of rotatable bonds is 3. The minimum atomic E-state index is -2.47. The summed E-state index contributed by atoms with van der Waals surface area (Å²) in [5, 5.41) is 3.32. The lowest BCUT2D eigenvalue weighted by Gasteiger charge is -2.34. The molecule has 0 amide bonds. The molecule has 1 saturated carbocycles. The molecular formula is C16H21F2NO. The Morgan fingerprint density at radius 3 is 2.75 bits per heavy atom. The number of nitrogens with one attached hydrogen (secondary N) is 1. The van der Waals surface area contributed by atoms with Crippen molar-refractivity contribution < 1.29 is 13.5 Å². The number of halogens is 2. The van der Waals surface area contributed by atoms with E-state index >= 15 is 0 Å². The van der Waals surface area contributed by atoms with Crippen LogP contribution in [-0.2, 0) is 6.42 Å². The zero-order valence-corrected chi connectivity index (χ0v) is 11.8. The molecular weight excluding hydrogens is 260 g/mol. The van der Waals surface area contributed by atoms with Crippen LogP contribution in [0.4, 0.5) is 8.78 Å². The first kappa shape index (κ1) is 13.8. The zero-order chi connectivity index (χ0) is 14.2. The van der Waals surface area contributed by atoms with E-state index < -0.39 is 5.92 Å². The minimum absolute atomic E-state index is 0.00568. The Bertz CT molecular complexity index is 479. The second-order valence-corrected chi connectivity index (χ2v) is 5.89. The summed E-state index contributed by atoms with van der Waals surface area (Å²) in [6, 6.07) is 6.31. The lowest BCUT2D eigenvalue weighted by atomic mass is 9.79. The Morgan fingerprint density at radius 2 is 2.05 bits per heavy atom. The average molecular weight is 281 g/mol. The number of hydrogen-bond donors (Lipinski definition) is 1. The van der Waals surface area contributed by atoms with Crippen LogP contribution in [0.5, 0.6) is 5.75 Å². The minimum Gasteiger partial charge on any atom is -0.493 e. The Balaban J connectivity index is 1.82. The van der Waals surface area contributed by atoms with Gasteiger partial charge in [-0.3, -0.25) is 0 Å². The summed E-state index contributed by atoms with van der Waals surface area (Å²) < 4.78 is 32.4. The number of fused-ring (bicyclic) bond motifs is 1. The van der Waals surface area contributed by atoms with Crippen molar-refractivity contribution in [1.29, 1.82) is 0 Å². The molecule has 0 bridgehead atoms. The molecule has 0 spiro atoms. The molecule has 3 rings (SSSR count). The molecule has 2 aliphatic rings. The third-order valence-corrected chi connectivity index (χ3v) is 4.62. The third-order valence-electron chi connectivity index (χ3n) is 4.62. The van der Waals surface area contributed by atoms with Crippen molar-refractivity contribution in [3.8, 4) is 5.75 Å². The molecule has 1 N–H and O–H groups in total. The van der Waals surface area contributed by atoms with Gasteiger partial charge in [-0.15, -0.1) is 0 Å². The number of benzene rings is 1. The normalized spacial score (nSPS) is 23.1. The number of para-hydroxylation sites is 1. The molecule has 1 unspecified atom stereocenters. The van der Waals surface area contributed by atoms with E-state index in [1.54, 1.807) is 0 Å². The highest BCUT2D eigenvalue weighted by atomic mass is 19.3. The van der Waals surface area contributed by atoms with Gasteiger partial charge in [0.2, 0.25) is 5.92 Å². The predicted octanol–water partition coefficient (Wildman–Crippen LogP) is 3.71. The largest absolute Gasteiger partial charge is 0.493 e. The van der Waals surface area contributed by atoms with Gasteiger partial charge in [-0.25, -0.2) is 8.78 Å². The van der Waals surface area contributed by atoms with Crippen molar-refractivity contribution in [3.05, 3.63) is 29.3 Å². The molecule has 0 radical (unpaired) electrons. The van der Waals surface area contributed by atoms with Gasteiger partial charge in [-0.05, 0) is 31.4 Å². The van der Waals surface area contributed by atoms with Crippen molar-refractivity contribution >= 4 is 0 Å². The van der Waals surface area contributed by atoms with E-state index in [0.717, 1.165) is 24.3 Å². The fourth-order valence-electron chi connectivity index (χ4n) is 3.53. The molecule has 0 aromatic heterocycles. The summed E-state index contributed by atoms with van der Waals surface area (Å²) in [4.78, 5) is 0. The van der Waals surface area contributed by atoms with Crippen molar-refractivity contribution in [2.75, 3.05) is 13.7 Å². The van der Waals surface area contributed by atoms with Crippen LogP contribution in [0, 0.1) is 5.92 Å². The van der Waals surface area contributed by atoms with Gasteiger partial charge in [-0.1, -0.05) is 18.2 Å². The second-order valence-electron chi connectivity index (χ2n) is 5.89. The highest BCUT2D eigenvalue weighted by Crippen LogP contribution is 2.44. The average Bonchev–Trinajstić information content (AvgIpc) is 2.90. The van der Waals surface area contributed by atoms with Crippen LogP contribution < -0.4 is 10.1 Å².